The van der Waals surface area contributed by atoms with Gasteiger partial charge in [-0.2, -0.15) is 0 Å². The third kappa shape index (κ3) is 2.52. The van der Waals surface area contributed by atoms with E-state index in [4.69, 9.17) is 4.98 Å². The van der Waals surface area contributed by atoms with Gasteiger partial charge in [-0.05, 0) is 36.4 Å². The third-order valence-corrected chi connectivity index (χ3v) is 6.20. The fourth-order valence-electron chi connectivity index (χ4n) is 3.94. The van der Waals surface area contributed by atoms with Crippen LogP contribution in [0.5, 0.6) is 0 Å². The molecule has 30 heavy (non-hydrogen) atoms. The van der Waals surface area contributed by atoms with Crippen LogP contribution in [0.2, 0.25) is 0 Å². The Labute approximate surface area is 173 Å². The van der Waals surface area contributed by atoms with Crippen molar-refractivity contribution < 1.29 is 4.39 Å². The van der Waals surface area contributed by atoms with Gasteiger partial charge in [0.2, 0.25) is 0 Å². The summed E-state index contributed by atoms with van der Waals surface area (Å²) in [6.45, 7) is 0. The number of fused-ring (bicyclic) bond motifs is 7. The molecule has 0 aliphatic heterocycles. The summed E-state index contributed by atoms with van der Waals surface area (Å²) in [4.78, 5) is 28.9. The van der Waals surface area contributed by atoms with Crippen LogP contribution in [0.4, 0.5) is 4.39 Å². The number of halogens is 1. The zero-order valence-corrected chi connectivity index (χ0v) is 16.3. The summed E-state index contributed by atoms with van der Waals surface area (Å²) >= 11 is 1.50. The molecule has 3 heterocycles. The molecule has 0 bridgehead atoms. The van der Waals surface area contributed by atoms with Gasteiger partial charge in [0.25, 0.3) is 5.56 Å². The number of nitrogens with zero attached hydrogens (tertiary/aromatic N) is 2. The van der Waals surface area contributed by atoms with Gasteiger partial charge in [0.1, 0.15) is 5.82 Å². The van der Waals surface area contributed by atoms with Crippen LogP contribution >= 0.6 is 11.8 Å². The van der Waals surface area contributed by atoms with Gasteiger partial charge < -0.3 is 9.97 Å². The van der Waals surface area contributed by atoms with Crippen molar-refractivity contribution in [1.82, 2.24) is 19.9 Å². The molecule has 144 valence electrons. The molecule has 0 saturated carbocycles. The zero-order valence-electron chi connectivity index (χ0n) is 15.4. The van der Waals surface area contributed by atoms with Crippen LogP contribution < -0.4 is 5.56 Å². The molecule has 0 saturated heterocycles. The molecular formula is C23H13FN4OS. The molecule has 0 radical (unpaired) electrons. The highest BCUT2D eigenvalue weighted by molar-refractivity contribution is 7.99. The second kappa shape index (κ2) is 6.40. The van der Waals surface area contributed by atoms with Crippen LogP contribution in [0, 0.1) is 5.82 Å². The Bertz CT molecular complexity index is 1670. The summed E-state index contributed by atoms with van der Waals surface area (Å²) in [6, 6.07) is 16.2. The number of hydrogen-bond donors (Lipinski definition) is 2. The number of nitrogens with one attached hydrogen (secondary N) is 2. The smallest absolute Gasteiger partial charge is 0.256 e. The molecule has 0 aliphatic carbocycles. The Balaban J connectivity index is 1.64. The SMILES string of the molecule is O=c1[nH]ccc2c3[nH]c(Sc4ccnc5ccccc45)nc3c3ccc(F)cc3c12. The van der Waals surface area contributed by atoms with Gasteiger partial charge in [-0.1, -0.05) is 30.0 Å². The molecule has 2 N–H and O–H groups in total. The van der Waals surface area contributed by atoms with Gasteiger partial charge >= 0.3 is 0 Å². The number of imidazole rings is 1. The molecule has 6 aromatic rings. The van der Waals surface area contributed by atoms with Crippen molar-refractivity contribution in [1.29, 1.82) is 0 Å². The van der Waals surface area contributed by atoms with E-state index in [-0.39, 0.29) is 11.4 Å². The highest BCUT2D eigenvalue weighted by atomic mass is 32.2. The van der Waals surface area contributed by atoms with Gasteiger partial charge in [-0.3, -0.25) is 9.78 Å². The Hall–Kier alpha value is -3.71. The lowest BCUT2D eigenvalue weighted by molar-refractivity contribution is 0.630. The summed E-state index contributed by atoms with van der Waals surface area (Å²) in [5.74, 6) is -0.389. The predicted octanol–water partition coefficient (Wildman–Crippen LogP) is 5.40. The van der Waals surface area contributed by atoms with E-state index >= 15 is 0 Å². The number of benzene rings is 3. The monoisotopic (exact) mass is 412 g/mol. The summed E-state index contributed by atoms with van der Waals surface area (Å²) in [5.41, 5.74) is 2.13. The van der Waals surface area contributed by atoms with E-state index in [1.165, 1.54) is 23.9 Å². The van der Waals surface area contributed by atoms with Crippen molar-refractivity contribution in [3.8, 4) is 0 Å². The van der Waals surface area contributed by atoms with Gasteiger partial charge in [0.15, 0.2) is 5.16 Å². The normalized spacial score (nSPS) is 11.8. The number of aromatic nitrogens is 4. The minimum absolute atomic E-state index is 0.256. The van der Waals surface area contributed by atoms with Crippen molar-refractivity contribution in [3.63, 3.8) is 0 Å². The van der Waals surface area contributed by atoms with Crippen molar-refractivity contribution in [2.75, 3.05) is 0 Å². The van der Waals surface area contributed by atoms with Crippen LogP contribution in [0.25, 0.3) is 43.5 Å². The lowest BCUT2D eigenvalue weighted by atomic mass is 10.0. The van der Waals surface area contributed by atoms with E-state index < -0.39 is 0 Å². The Kier molecular flexibility index (Phi) is 3.66. The summed E-state index contributed by atoms with van der Waals surface area (Å²) in [7, 11) is 0. The highest BCUT2D eigenvalue weighted by Crippen LogP contribution is 2.37. The topological polar surface area (TPSA) is 74.4 Å². The van der Waals surface area contributed by atoms with Gasteiger partial charge in [-0.15, -0.1) is 0 Å². The zero-order chi connectivity index (χ0) is 20.2. The molecule has 3 aromatic carbocycles. The summed E-state index contributed by atoms with van der Waals surface area (Å²) < 4.78 is 14.0. The lowest BCUT2D eigenvalue weighted by Gasteiger charge is -2.05. The average molecular weight is 412 g/mol. The molecule has 0 fully saturated rings. The first-order chi connectivity index (χ1) is 14.7. The Morgan fingerprint density at radius 3 is 2.77 bits per heavy atom. The highest BCUT2D eigenvalue weighted by Gasteiger charge is 2.16. The predicted molar refractivity (Wildman–Crippen MR) is 118 cm³/mol. The minimum atomic E-state index is -0.389. The van der Waals surface area contributed by atoms with E-state index in [9.17, 15) is 9.18 Å². The van der Waals surface area contributed by atoms with Gasteiger partial charge in [0.05, 0.1) is 21.9 Å². The summed E-state index contributed by atoms with van der Waals surface area (Å²) in [6.07, 6.45) is 3.37. The number of para-hydroxylation sites is 1. The number of rotatable bonds is 2. The number of hydrogen-bond acceptors (Lipinski definition) is 4. The molecule has 3 aromatic heterocycles. The maximum Gasteiger partial charge on any atom is 0.256 e. The Morgan fingerprint density at radius 1 is 0.933 bits per heavy atom. The molecule has 7 heteroatoms. The average Bonchev–Trinajstić information content (AvgIpc) is 3.18. The molecule has 5 nitrogen and oxygen atoms in total. The lowest BCUT2D eigenvalue weighted by Crippen LogP contribution is -2.05. The fraction of sp³-hybridized carbons (Fsp3) is 0. The van der Waals surface area contributed by atoms with Crippen molar-refractivity contribution in [2.24, 2.45) is 0 Å². The van der Waals surface area contributed by atoms with E-state index in [1.807, 2.05) is 36.4 Å². The van der Waals surface area contributed by atoms with Crippen LogP contribution in [0.1, 0.15) is 0 Å². The molecular weight excluding hydrogens is 399 g/mol. The van der Waals surface area contributed by atoms with E-state index in [1.54, 1.807) is 18.5 Å². The second-order valence-electron chi connectivity index (χ2n) is 6.98. The molecule has 0 aliphatic rings. The number of pyridine rings is 2. The van der Waals surface area contributed by atoms with Crippen LogP contribution in [0.3, 0.4) is 0 Å². The van der Waals surface area contributed by atoms with Crippen LogP contribution in [0.15, 0.2) is 81.8 Å². The Morgan fingerprint density at radius 2 is 1.83 bits per heavy atom. The first kappa shape index (κ1) is 17.2. The van der Waals surface area contributed by atoms with Gasteiger partial charge in [-0.25, -0.2) is 9.37 Å². The molecule has 6 rings (SSSR count). The third-order valence-electron chi connectivity index (χ3n) is 5.23. The van der Waals surface area contributed by atoms with Crippen molar-refractivity contribution in [2.45, 2.75) is 10.1 Å². The maximum absolute atomic E-state index is 14.0. The standard InChI is InChI=1S/C23H13FN4OS/c24-12-5-6-13-16(11-12)19-15(7-9-26-22(19)29)21-20(13)27-23(28-21)30-18-8-10-25-17-4-2-1-3-14(17)18/h1-11H,(H,26,29)(H,27,28). The molecule has 0 unspecified atom stereocenters. The van der Waals surface area contributed by atoms with Gasteiger partial charge in [0, 0.05) is 38.8 Å². The first-order valence-electron chi connectivity index (χ1n) is 9.33. The number of aromatic amines is 2. The van der Waals surface area contributed by atoms with Crippen molar-refractivity contribution in [3.05, 3.63) is 83.2 Å². The first-order valence-corrected chi connectivity index (χ1v) is 10.1. The van der Waals surface area contributed by atoms with E-state index in [0.29, 0.717) is 26.8 Å². The fourth-order valence-corrected chi connectivity index (χ4v) is 4.85. The molecule has 0 spiro atoms. The molecule has 0 atom stereocenters. The quantitative estimate of drug-likeness (QED) is 0.374. The van der Waals surface area contributed by atoms with E-state index in [0.717, 1.165) is 26.7 Å². The largest absolute Gasteiger partial charge is 0.332 e. The van der Waals surface area contributed by atoms with Crippen molar-refractivity contribution >= 4 is 55.2 Å². The minimum Gasteiger partial charge on any atom is -0.332 e. The summed E-state index contributed by atoms with van der Waals surface area (Å²) in [5, 5.41) is 4.19. The second-order valence-corrected chi connectivity index (χ2v) is 8.01. The maximum atomic E-state index is 14.0. The molecule has 0 amide bonds. The van der Waals surface area contributed by atoms with Crippen LogP contribution in [-0.4, -0.2) is 19.9 Å². The number of H-pyrrole nitrogens is 2. The van der Waals surface area contributed by atoms with E-state index in [2.05, 4.69) is 15.0 Å². The van der Waals surface area contributed by atoms with Crippen LogP contribution in [-0.2, 0) is 0 Å².